The van der Waals surface area contributed by atoms with Gasteiger partial charge in [0.05, 0.1) is 6.61 Å². The highest BCUT2D eigenvalue weighted by atomic mass is 35.5. The number of alkyl carbamates (subject to hydrolysis) is 1. The molecule has 0 spiro atoms. The van der Waals surface area contributed by atoms with Crippen LogP contribution < -0.4 is 5.32 Å². The lowest BCUT2D eigenvalue weighted by Gasteiger charge is -2.25. The summed E-state index contributed by atoms with van der Waals surface area (Å²) in [4.78, 5) is 11.2. The SMILES string of the molecule is O=C(NC1CCC1)OCCCCCCCl. The largest absolute Gasteiger partial charge is 0.450 e. The van der Waals surface area contributed by atoms with Crippen molar-refractivity contribution in [3.63, 3.8) is 0 Å². The predicted octanol–water partition coefficient (Wildman–Crippen LogP) is 3.06. The third kappa shape index (κ3) is 5.88. The molecule has 1 aliphatic rings. The maximum atomic E-state index is 11.2. The first-order chi connectivity index (χ1) is 7.33. The summed E-state index contributed by atoms with van der Waals surface area (Å²) >= 11 is 5.55. The first-order valence-corrected chi connectivity index (χ1v) is 6.35. The average molecular weight is 234 g/mol. The topological polar surface area (TPSA) is 38.3 Å². The van der Waals surface area contributed by atoms with E-state index >= 15 is 0 Å². The monoisotopic (exact) mass is 233 g/mol. The fourth-order valence-corrected chi connectivity index (χ4v) is 1.66. The molecule has 1 rings (SSSR count). The van der Waals surface area contributed by atoms with Crippen LogP contribution in [0.1, 0.15) is 44.9 Å². The number of alkyl halides is 1. The first kappa shape index (κ1) is 12.6. The normalized spacial score (nSPS) is 15.8. The van der Waals surface area contributed by atoms with Crippen molar-refractivity contribution in [2.24, 2.45) is 0 Å². The highest BCUT2D eigenvalue weighted by Gasteiger charge is 2.19. The van der Waals surface area contributed by atoms with Crippen LogP contribution in [0.25, 0.3) is 0 Å². The Morgan fingerprint density at radius 3 is 2.60 bits per heavy atom. The number of ether oxygens (including phenoxy) is 1. The summed E-state index contributed by atoms with van der Waals surface area (Å²) in [5.41, 5.74) is 0. The van der Waals surface area contributed by atoms with Crippen molar-refractivity contribution < 1.29 is 9.53 Å². The van der Waals surface area contributed by atoms with Crippen molar-refractivity contribution in [3.8, 4) is 0 Å². The summed E-state index contributed by atoms with van der Waals surface area (Å²) in [7, 11) is 0. The van der Waals surface area contributed by atoms with Crippen LogP contribution in [0.3, 0.4) is 0 Å². The molecular formula is C11H20ClNO2. The third-order valence-electron chi connectivity index (χ3n) is 2.69. The van der Waals surface area contributed by atoms with Gasteiger partial charge in [0.2, 0.25) is 0 Å². The zero-order valence-electron chi connectivity index (χ0n) is 9.14. The van der Waals surface area contributed by atoms with Gasteiger partial charge >= 0.3 is 6.09 Å². The minimum Gasteiger partial charge on any atom is -0.450 e. The molecule has 88 valence electrons. The van der Waals surface area contributed by atoms with E-state index in [1.807, 2.05) is 0 Å². The Kier molecular flexibility index (Phi) is 6.57. The lowest BCUT2D eigenvalue weighted by Crippen LogP contribution is -2.39. The molecule has 4 heteroatoms. The van der Waals surface area contributed by atoms with Crippen LogP contribution in [-0.4, -0.2) is 24.6 Å². The molecule has 0 radical (unpaired) electrons. The van der Waals surface area contributed by atoms with E-state index in [2.05, 4.69) is 5.32 Å². The van der Waals surface area contributed by atoms with Crippen molar-refractivity contribution in [2.45, 2.75) is 51.0 Å². The molecule has 3 nitrogen and oxygen atoms in total. The van der Waals surface area contributed by atoms with Gasteiger partial charge in [-0.15, -0.1) is 11.6 Å². The summed E-state index contributed by atoms with van der Waals surface area (Å²) in [5, 5.41) is 2.84. The molecule has 15 heavy (non-hydrogen) atoms. The summed E-state index contributed by atoms with van der Waals surface area (Å²) in [6.45, 7) is 0.529. The molecule has 1 aliphatic carbocycles. The lowest BCUT2D eigenvalue weighted by molar-refractivity contribution is 0.134. The number of rotatable bonds is 7. The molecule has 0 aromatic rings. The maximum Gasteiger partial charge on any atom is 0.407 e. The second kappa shape index (κ2) is 7.80. The van der Waals surface area contributed by atoms with Crippen LogP contribution in [0.2, 0.25) is 0 Å². The van der Waals surface area contributed by atoms with E-state index < -0.39 is 0 Å². The van der Waals surface area contributed by atoms with E-state index in [1.165, 1.54) is 6.42 Å². The minimum absolute atomic E-state index is 0.253. The standard InChI is InChI=1S/C11H20ClNO2/c12-8-3-1-2-4-9-15-11(14)13-10-6-5-7-10/h10H,1-9H2,(H,13,14). The Hall–Kier alpha value is -0.440. The quantitative estimate of drug-likeness (QED) is 0.542. The van der Waals surface area contributed by atoms with Gasteiger partial charge in [-0.2, -0.15) is 0 Å². The Bertz CT molecular complexity index is 183. The van der Waals surface area contributed by atoms with Crippen LogP contribution in [-0.2, 0) is 4.74 Å². The van der Waals surface area contributed by atoms with Gasteiger partial charge in [-0.25, -0.2) is 4.79 Å². The molecular weight excluding hydrogens is 214 g/mol. The van der Waals surface area contributed by atoms with Gasteiger partial charge in [-0.3, -0.25) is 0 Å². The van der Waals surface area contributed by atoms with Crippen molar-refractivity contribution in [1.82, 2.24) is 5.32 Å². The molecule has 1 N–H and O–H groups in total. The number of hydrogen-bond acceptors (Lipinski definition) is 2. The maximum absolute atomic E-state index is 11.2. The van der Waals surface area contributed by atoms with Gasteiger partial charge < -0.3 is 10.1 Å². The average Bonchev–Trinajstić information content (AvgIpc) is 2.17. The van der Waals surface area contributed by atoms with E-state index in [1.54, 1.807) is 0 Å². The van der Waals surface area contributed by atoms with Gasteiger partial charge in [-0.1, -0.05) is 12.8 Å². The predicted molar refractivity (Wildman–Crippen MR) is 61.3 cm³/mol. The molecule has 0 atom stereocenters. The molecule has 0 saturated heterocycles. The van der Waals surface area contributed by atoms with Gasteiger partial charge in [-0.05, 0) is 32.1 Å². The Balaban J connectivity index is 1.83. The van der Waals surface area contributed by atoms with E-state index in [4.69, 9.17) is 16.3 Å². The van der Waals surface area contributed by atoms with E-state index in [0.29, 0.717) is 12.6 Å². The highest BCUT2D eigenvalue weighted by Crippen LogP contribution is 2.17. The Morgan fingerprint density at radius 1 is 1.27 bits per heavy atom. The van der Waals surface area contributed by atoms with Crippen molar-refractivity contribution in [1.29, 1.82) is 0 Å². The number of amides is 1. The Morgan fingerprint density at radius 2 is 2.00 bits per heavy atom. The molecule has 1 saturated carbocycles. The Labute approximate surface area is 96.5 Å². The second-order valence-corrected chi connectivity index (χ2v) is 4.39. The van der Waals surface area contributed by atoms with Crippen molar-refractivity contribution >= 4 is 17.7 Å². The summed E-state index contributed by atoms with van der Waals surface area (Å²) in [6, 6.07) is 0.369. The fraction of sp³-hybridized carbons (Fsp3) is 0.909. The molecule has 0 aliphatic heterocycles. The number of carbonyl (C=O) groups is 1. The zero-order valence-corrected chi connectivity index (χ0v) is 9.89. The van der Waals surface area contributed by atoms with Crippen molar-refractivity contribution in [3.05, 3.63) is 0 Å². The second-order valence-electron chi connectivity index (χ2n) is 4.01. The lowest BCUT2D eigenvalue weighted by atomic mass is 9.93. The molecule has 1 fully saturated rings. The highest BCUT2D eigenvalue weighted by molar-refractivity contribution is 6.17. The smallest absolute Gasteiger partial charge is 0.407 e. The van der Waals surface area contributed by atoms with Gasteiger partial charge in [0, 0.05) is 11.9 Å². The molecule has 0 aromatic carbocycles. The summed E-state index contributed by atoms with van der Waals surface area (Å²) in [5.74, 6) is 0.725. The molecule has 0 heterocycles. The van der Waals surface area contributed by atoms with Gasteiger partial charge in [0.1, 0.15) is 0 Å². The van der Waals surface area contributed by atoms with E-state index in [0.717, 1.165) is 44.4 Å². The van der Waals surface area contributed by atoms with Gasteiger partial charge in [0.25, 0.3) is 0 Å². The first-order valence-electron chi connectivity index (χ1n) is 5.82. The van der Waals surface area contributed by atoms with Crippen LogP contribution in [0, 0.1) is 0 Å². The van der Waals surface area contributed by atoms with Crippen LogP contribution in [0.15, 0.2) is 0 Å². The molecule has 0 unspecified atom stereocenters. The number of nitrogens with one attached hydrogen (secondary N) is 1. The number of unbranched alkanes of at least 4 members (excludes halogenated alkanes) is 3. The van der Waals surface area contributed by atoms with Crippen LogP contribution >= 0.6 is 11.6 Å². The number of carbonyl (C=O) groups excluding carboxylic acids is 1. The van der Waals surface area contributed by atoms with E-state index in [-0.39, 0.29) is 6.09 Å². The van der Waals surface area contributed by atoms with Gasteiger partial charge in [0.15, 0.2) is 0 Å². The fourth-order valence-electron chi connectivity index (χ4n) is 1.48. The summed E-state index contributed by atoms with van der Waals surface area (Å²) < 4.78 is 5.05. The molecule has 0 bridgehead atoms. The summed E-state index contributed by atoms with van der Waals surface area (Å²) in [6.07, 6.45) is 7.38. The molecule has 1 amide bonds. The zero-order chi connectivity index (χ0) is 10.9. The van der Waals surface area contributed by atoms with Crippen molar-refractivity contribution in [2.75, 3.05) is 12.5 Å². The third-order valence-corrected chi connectivity index (χ3v) is 2.96. The van der Waals surface area contributed by atoms with Crippen LogP contribution in [0.5, 0.6) is 0 Å². The number of hydrogen-bond donors (Lipinski definition) is 1. The molecule has 0 aromatic heterocycles. The van der Waals surface area contributed by atoms with E-state index in [9.17, 15) is 4.79 Å². The van der Waals surface area contributed by atoms with Crippen LogP contribution in [0.4, 0.5) is 4.79 Å². The number of halogens is 1. The minimum atomic E-state index is -0.253.